The van der Waals surface area contributed by atoms with Crippen LogP contribution in [0.15, 0.2) is 78.9 Å². The Morgan fingerprint density at radius 1 is 0.871 bits per heavy atom. The van der Waals surface area contributed by atoms with E-state index in [9.17, 15) is 9.59 Å². The van der Waals surface area contributed by atoms with E-state index in [1.54, 1.807) is 24.3 Å². The maximum Gasteiger partial charge on any atom is 0.338 e. The number of nitrogens with one attached hydrogen (secondary N) is 1. The monoisotopic (exact) mass is 417 g/mol. The first-order valence-electron chi connectivity index (χ1n) is 10.2. The molecule has 3 rings (SSSR count). The number of esters is 1. The number of benzene rings is 3. The Kier molecular flexibility index (Phi) is 7.08. The lowest BCUT2D eigenvalue weighted by atomic mass is 9.87. The van der Waals surface area contributed by atoms with Gasteiger partial charge in [0.2, 0.25) is 0 Å². The number of carbonyl (C=O) groups excluding carboxylic acids is 2. The van der Waals surface area contributed by atoms with Crippen molar-refractivity contribution in [1.82, 2.24) is 0 Å². The molecule has 3 aromatic rings. The second kappa shape index (κ2) is 9.94. The summed E-state index contributed by atoms with van der Waals surface area (Å²) < 4.78 is 10.9. The van der Waals surface area contributed by atoms with Crippen LogP contribution >= 0.6 is 0 Å². The topological polar surface area (TPSA) is 64.6 Å². The Morgan fingerprint density at radius 3 is 2.26 bits per heavy atom. The summed E-state index contributed by atoms with van der Waals surface area (Å²) in [6.07, 6.45) is 0. The molecule has 3 aromatic carbocycles. The molecule has 0 radical (unpaired) electrons. The second-order valence-corrected chi connectivity index (χ2v) is 8.25. The van der Waals surface area contributed by atoms with Crippen molar-refractivity contribution in [2.45, 2.75) is 32.8 Å². The summed E-state index contributed by atoms with van der Waals surface area (Å²) >= 11 is 0. The average molecular weight is 418 g/mol. The summed E-state index contributed by atoms with van der Waals surface area (Å²) in [5.41, 5.74) is 3.23. The number of rotatable bonds is 7. The zero-order valence-electron chi connectivity index (χ0n) is 18.1. The Labute approximate surface area is 183 Å². The highest BCUT2D eigenvalue weighted by Crippen LogP contribution is 2.23. The lowest BCUT2D eigenvalue weighted by Gasteiger charge is -2.19. The molecular formula is C26H27NO4. The van der Waals surface area contributed by atoms with Gasteiger partial charge in [-0.3, -0.25) is 4.79 Å². The molecule has 0 bridgehead atoms. The van der Waals surface area contributed by atoms with Crippen molar-refractivity contribution in [2.24, 2.45) is 0 Å². The smallest absolute Gasteiger partial charge is 0.338 e. The molecule has 0 aliphatic carbocycles. The molecule has 1 N–H and O–H groups in total. The predicted octanol–water partition coefficient (Wildman–Crippen LogP) is 5.36. The van der Waals surface area contributed by atoms with Gasteiger partial charge in [-0.05, 0) is 46.9 Å². The van der Waals surface area contributed by atoms with E-state index in [1.165, 1.54) is 5.56 Å². The minimum atomic E-state index is -0.580. The summed E-state index contributed by atoms with van der Waals surface area (Å²) in [6, 6.07) is 24.1. The number of anilines is 1. The van der Waals surface area contributed by atoms with Gasteiger partial charge in [-0.25, -0.2) is 4.79 Å². The van der Waals surface area contributed by atoms with Gasteiger partial charge in [-0.2, -0.15) is 0 Å². The van der Waals surface area contributed by atoms with E-state index in [-0.39, 0.29) is 12.0 Å². The van der Waals surface area contributed by atoms with E-state index in [4.69, 9.17) is 9.47 Å². The van der Waals surface area contributed by atoms with Crippen molar-refractivity contribution in [3.05, 3.63) is 95.6 Å². The SMILES string of the molecule is CC(C)(C)c1ccc(NC(=O)COC(=O)c2cccc(OCc3ccccc3)c2)cc1. The third-order valence-electron chi connectivity index (χ3n) is 4.69. The molecule has 0 saturated heterocycles. The van der Waals surface area contributed by atoms with Crippen LogP contribution in [0.2, 0.25) is 0 Å². The number of carbonyl (C=O) groups is 2. The van der Waals surface area contributed by atoms with Crippen molar-refractivity contribution in [3.8, 4) is 5.75 Å². The highest BCUT2D eigenvalue weighted by Gasteiger charge is 2.14. The normalized spacial score (nSPS) is 10.9. The standard InChI is InChI=1S/C26H27NO4/c1-26(2,3)21-12-14-22(15-13-21)27-24(28)18-31-25(29)20-10-7-11-23(16-20)30-17-19-8-5-4-6-9-19/h4-16H,17-18H2,1-3H3,(H,27,28). The van der Waals surface area contributed by atoms with Crippen LogP contribution in [0.3, 0.4) is 0 Å². The molecule has 0 heterocycles. The van der Waals surface area contributed by atoms with Gasteiger partial charge < -0.3 is 14.8 Å². The van der Waals surface area contributed by atoms with Gasteiger partial charge in [0.1, 0.15) is 12.4 Å². The third-order valence-corrected chi connectivity index (χ3v) is 4.69. The first-order valence-corrected chi connectivity index (χ1v) is 10.2. The van der Waals surface area contributed by atoms with Gasteiger partial charge in [0.15, 0.2) is 6.61 Å². The van der Waals surface area contributed by atoms with Crippen molar-refractivity contribution < 1.29 is 19.1 Å². The maximum atomic E-state index is 12.3. The Hall–Kier alpha value is -3.60. The summed E-state index contributed by atoms with van der Waals surface area (Å²) in [7, 11) is 0. The largest absolute Gasteiger partial charge is 0.489 e. The maximum absolute atomic E-state index is 12.3. The van der Waals surface area contributed by atoms with Crippen molar-refractivity contribution in [2.75, 3.05) is 11.9 Å². The van der Waals surface area contributed by atoms with Gasteiger partial charge in [0, 0.05) is 5.69 Å². The number of amides is 1. The van der Waals surface area contributed by atoms with Gasteiger partial charge in [0.05, 0.1) is 5.56 Å². The van der Waals surface area contributed by atoms with E-state index in [1.807, 2.05) is 54.6 Å². The molecular weight excluding hydrogens is 390 g/mol. The fourth-order valence-electron chi connectivity index (χ4n) is 2.92. The fraction of sp³-hybridized carbons (Fsp3) is 0.231. The van der Waals surface area contributed by atoms with Crippen LogP contribution in [0.5, 0.6) is 5.75 Å². The Morgan fingerprint density at radius 2 is 1.58 bits per heavy atom. The Bertz CT molecular complexity index is 1020. The highest BCUT2D eigenvalue weighted by atomic mass is 16.5. The van der Waals surface area contributed by atoms with Crippen molar-refractivity contribution in [1.29, 1.82) is 0 Å². The molecule has 0 fully saturated rings. The molecule has 0 atom stereocenters. The molecule has 0 saturated carbocycles. The van der Waals surface area contributed by atoms with Crippen molar-refractivity contribution in [3.63, 3.8) is 0 Å². The summed E-state index contributed by atoms with van der Waals surface area (Å²) in [5, 5.41) is 2.74. The number of hydrogen-bond acceptors (Lipinski definition) is 4. The van der Waals surface area contributed by atoms with Crippen LogP contribution in [0, 0.1) is 0 Å². The van der Waals surface area contributed by atoms with Gasteiger partial charge in [-0.1, -0.05) is 69.3 Å². The summed E-state index contributed by atoms with van der Waals surface area (Å²) in [5.74, 6) is -0.418. The average Bonchev–Trinajstić information content (AvgIpc) is 2.77. The molecule has 0 unspecified atom stereocenters. The highest BCUT2D eigenvalue weighted by molar-refractivity contribution is 5.95. The van der Waals surface area contributed by atoms with Gasteiger partial charge in [0.25, 0.3) is 5.91 Å². The Balaban J connectivity index is 1.50. The minimum absolute atomic E-state index is 0.0391. The van der Waals surface area contributed by atoms with E-state index in [0.717, 1.165) is 5.56 Å². The molecule has 0 aliphatic rings. The van der Waals surface area contributed by atoms with E-state index in [0.29, 0.717) is 23.6 Å². The molecule has 1 amide bonds. The summed E-state index contributed by atoms with van der Waals surface area (Å²) in [4.78, 5) is 24.5. The van der Waals surface area contributed by atoms with Crippen LogP contribution < -0.4 is 10.1 Å². The van der Waals surface area contributed by atoms with Crippen LogP contribution in [-0.4, -0.2) is 18.5 Å². The van der Waals surface area contributed by atoms with E-state index >= 15 is 0 Å². The van der Waals surface area contributed by atoms with E-state index in [2.05, 4.69) is 26.1 Å². The van der Waals surface area contributed by atoms with Crippen LogP contribution in [0.4, 0.5) is 5.69 Å². The molecule has 0 spiro atoms. The second-order valence-electron chi connectivity index (χ2n) is 8.25. The summed E-state index contributed by atoms with van der Waals surface area (Å²) in [6.45, 7) is 6.41. The van der Waals surface area contributed by atoms with Gasteiger partial charge in [-0.15, -0.1) is 0 Å². The molecule has 31 heavy (non-hydrogen) atoms. The molecule has 0 aliphatic heterocycles. The van der Waals surface area contributed by atoms with Crippen LogP contribution in [0.25, 0.3) is 0 Å². The molecule has 5 heteroatoms. The lowest BCUT2D eigenvalue weighted by Crippen LogP contribution is -2.21. The van der Waals surface area contributed by atoms with Crippen molar-refractivity contribution >= 4 is 17.6 Å². The van der Waals surface area contributed by atoms with E-state index < -0.39 is 11.9 Å². The molecule has 0 aromatic heterocycles. The first-order chi connectivity index (χ1) is 14.8. The fourth-order valence-corrected chi connectivity index (χ4v) is 2.92. The van der Waals surface area contributed by atoms with Gasteiger partial charge >= 0.3 is 5.97 Å². The van der Waals surface area contributed by atoms with Crippen LogP contribution in [0.1, 0.15) is 42.3 Å². The molecule has 5 nitrogen and oxygen atoms in total. The zero-order valence-corrected chi connectivity index (χ0v) is 18.1. The zero-order chi connectivity index (χ0) is 22.3. The third kappa shape index (κ3) is 6.71. The quantitative estimate of drug-likeness (QED) is 0.526. The minimum Gasteiger partial charge on any atom is -0.489 e. The number of hydrogen-bond donors (Lipinski definition) is 1. The first kappa shape index (κ1) is 22.1. The number of ether oxygens (including phenoxy) is 2. The lowest BCUT2D eigenvalue weighted by molar-refractivity contribution is -0.119. The predicted molar refractivity (Wildman–Crippen MR) is 121 cm³/mol. The van der Waals surface area contributed by atoms with Crippen LogP contribution in [-0.2, 0) is 21.6 Å². The molecule has 160 valence electrons.